The van der Waals surface area contributed by atoms with Gasteiger partial charge in [-0.05, 0) is 67.0 Å². The smallest absolute Gasteiger partial charge is 0.201 e. The molecule has 2 nitrogen and oxygen atoms in total. The summed E-state index contributed by atoms with van der Waals surface area (Å²) in [5.74, 6) is -2.10. The molecule has 220 valence electrons. The van der Waals surface area contributed by atoms with Crippen molar-refractivity contribution in [2.24, 2.45) is 0 Å². The van der Waals surface area contributed by atoms with Crippen molar-refractivity contribution in [3.05, 3.63) is 90.3 Å². The Labute approximate surface area is 243 Å². The van der Waals surface area contributed by atoms with E-state index in [0.717, 1.165) is 50.5 Å². The predicted molar refractivity (Wildman–Crippen MR) is 162 cm³/mol. The van der Waals surface area contributed by atoms with Crippen LogP contribution in [0, 0.1) is 17.5 Å². The third-order valence-electron chi connectivity index (χ3n) is 8.09. The van der Waals surface area contributed by atoms with E-state index in [1.165, 1.54) is 37.8 Å². The summed E-state index contributed by atoms with van der Waals surface area (Å²) in [5, 5.41) is 0. The quantitative estimate of drug-likeness (QED) is 0.135. The molecule has 0 aliphatic carbocycles. The monoisotopic (exact) mass is 564 g/mol. The van der Waals surface area contributed by atoms with Gasteiger partial charge in [-0.15, -0.1) is 6.58 Å². The van der Waals surface area contributed by atoms with Gasteiger partial charge in [0.1, 0.15) is 5.82 Å². The number of hydrogen-bond donors (Lipinski definition) is 0. The maximum Gasteiger partial charge on any atom is 0.201 e. The first-order valence-corrected chi connectivity index (χ1v) is 15.2. The van der Waals surface area contributed by atoms with Gasteiger partial charge in [0.15, 0.2) is 11.6 Å². The second-order valence-electron chi connectivity index (χ2n) is 11.1. The molecule has 2 atom stereocenters. The van der Waals surface area contributed by atoms with Crippen LogP contribution >= 0.6 is 0 Å². The summed E-state index contributed by atoms with van der Waals surface area (Å²) in [5.41, 5.74) is 2.76. The van der Waals surface area contributed by atoms with Crippen LogP contribution in [0.2, 0.25) is 0 Å². The predicted octanol–water partition coefficient (Wildman–Crippen LogP) is 10.8. The van der Waals surface area contributed by atoms with E-state index in [4.69, 9.17) is 9.47 Å². The third kappa shape index (κ3) is 8.48. The molecule has 1 fully saturated rings. The molecule has 0 spiro atoms. The first kappa shape index (κ1) is 30.9. The number of benzene rings is 3. The molecule has 0 bridgehead atoms. The molecule has 3 aromatic carbocycles. The Morgan fingerprint density at radius 3 is 2.17 bits per heavy atom. The van der Waals surface area contributed by atoms with Gasteiger partial charge in [-0.3, -0.25) is 0 Å². The lowest BCUT2D eigenvalue weighted by Crippen LogP contribution is -2.24. The fraction of sp³-hybridized carbons (Fsp3) is 0.444. The molecule has 1 aliphatic rings. The summed E-state index contributed by atoms with van der Waals surface area (Å²) >= 11 is 0. The van der Waals surface area contributed by atoms with E-state index in [1.807, 2.05) is 12.1 Å². The van der Waals surface area contributed by atoms with Crippen LogP contribution in [0.5, 0.6) is 5.75 Å². The van der Waals surface area contributed by atoms with Gasteiger partial charge >= 0.3 is 0 Å². The van der Waals surface area contributed by atoms with Gasteiger partial charge in [0.2, 0.25) is 5.82 Å². The molecule has 1 aliphatic heterocycles. The van der Waals surface area contributed by atoms with E-state index < -0.39 is 11.6 Å². The highest BCUT2D eigenvalue weighted by atomic mass is 19.2. The molecule has 0 radical (unpaired) electrons. The number of halogens is 3. The highest BCUT2D eigenvalue weighted by Gasteiger charge is 2.23. The maximum atomic E-state index is 15.2. The largest absolute Gasteiger partial charge is 0.490 e. The second-order valence-corrected chi connectivity index (χ2v) is 11.1. The van der Waals surface area contributed by atoms with E-state index in [0.29, 0.717) is 29.9 Å². The molecule has 4 rings (SSSR count). The van der Waals surface area contributed by atoms with E-state index in [9.17, 15) is 8.78 Å². The molecule has 3 aromatic rings. The molecule has 1 heterocycles. The standard InChI is InChI=1S/C36H43F3O2/c1-3-5-7-8-9-10-11-23-40-34-22-21-32(35(38)36(34)39)27-15-13-26(14-16-27)31-20-18-28(24-33(31)37)29-17-19-30(41-25-29)12-6-4-2/h4,13-16,18,20-22,24,29-30H,2-3,5-12,17,19,23,25H2,1H3. The molecule has 41 heavy (non-hydrogen) atoms. The van der Waals surface area contributed by atoms with Crippen molar-refractivity contribution in [3.63, 3.8) is 0 Å². The number of hydrogen-bond acceptors (Lipinski definition) is 2. The number of rotatable bonds is 15. The first-order chi connectivity index (χ1) is 20.0. The number of allylic oxidation sites excluding steroid dienone is 1. The summed E-state index contributed by atoms with van der Waals surface area (Å²) in [6.07, 6.45) is 13.9. The Morgan fingerprint density at radius 1 is 0.829 bits per heavy atom. The average Bonchev–Trinajstić information content (AvgIpc) is 3.00. The number of unbranched alkanes of at least 4 members (excludes halogenated alkanes) is 6. The minimum Gasteiger partial charge on any atom is -0.490 e. The highest BCUT2D eigenvalue weighted by Crippen LogP contribution is 2.35. The molecule has 0 aromatic heterocycles. The summed E-state index contributed by atoms with van der Waals surface area (Å²) in [6, 6.07) is 15.2. The van der Waals surface area contributed by atoms with Gasteiger partial charge < -0.3 is 9.47 Å². The van der Waals surface area contributed by atoms with E-state index in [-0.39, 0.29) is 29.2 Å². The first-order valence-electron chi connectivity index (χ1n) is 15.2. The van der Waals surface area contributed by atoms with E-state index >= 15 is 4.39 Å². The fourth-order valence-corrected chi connectivity index (χ4v) is 5.56. The Kier molecular flexibility index (Phi) is 11.9. The van der Waals surface area contributed by atoms with Crippen LogP contribution in [0.1, 0.15) is 89.0 Å². The molecule has 1 saturated heterocycles. The molecule has 0 saturated carbocycles. The van der Waals surface area contributed by atoms with Gasteiger partial charge in [0, 0.05) is 17.0 Å². The van der Waals surface area contributed by atoms with Crippen molar-refractivity contribution in [1.82, 2.24) is 0 Å². The van der Waals surface area contributed by atoms with Gasteiger partial charge in [-0.25, -0.2) is 8.78 Å². The Balaban J connectivity index is 1.34. The molecular formula is C36H43F3O2. The van der Waals surface area contributed by atoms with Crippen LogP contribution in [-0.2, 0) is 4.74 Å². The van der Waals surface area contributed by atoms with Crippen molar-refractivity contribution in [2.75, 3.05) is 13.2 Å². The number of ether oxygens (including phenoxy) is 2. The van der Waals surface area contributed by atoms with Crippen molar-refractivity contribution in [2.45, 2.75) is 89.6 Å². The van der Waals surface area contributed by atoms with Crippen LogP contribution in [0.4, 0.5) is 13.2 Å². The highest BCUT2D eigenvalue weighted by molar-refractivity contribution is 5.71. The minimum atomic E-state index is -0.977. The lowest BCUT2D eigenvalue weighted by atomic mass is 9.89. The Bertz CT molecular complexity index is 1250. The summed E-state index contributed by atoms with van der Waals surface area (Å²) in [4.78, 5) is 0. The summed E-state index contributed by atoms with van der Waals surface area (Å²) in [6.45, 7) is 6.93. The molecule has 2 unspecified atom stereocenters. The average molecular weight is 565 g/mol. The van der Waals surface area contributed by atoms with Gasteiger partial charge in [-0.2, -0.15) is 4.39 Å². The SMILES string of the molecule is C=CCCC1CCC(c2ccc(-c3ccc(-c4ccc(OCCCCCCCCC)c(F)c4F)cc3)c(F)c2)CO1. The minimum absolute atomic E-state index is 0.0633. The Morgan fingerprint density at radius 2 is 1.51 bits per heavy atom. The van der Waals surface area contributed by atoms with Crippen molar-refractivity contribution in [3.8, 4) is 28.0 Å². The molecule has 0 amide bonds. The zero-order chi connectivity index (χ0) is 29.0. The van der Waals surface area contributed by atoms with Crippen LogP contribution in [0.3, 0.4) is 0 Å². The zero-order valence-corrected chi connectivity index (χ0v) is 24.3. The summed E-state index contributed by atoms with van der Waals surface area (Å²) in [7, 11) is 0. The second kappa shape index (κ2) is 15.8. The maximum absolute atomic E-state index is 15.2. The van der Waals surface area contributed by atoms with E-state index in [1.54, 1.807) is 36.4 Å². The van der Waals surface area contributed by atoms with Gasteiger partial charge in [-0.1, -0.05) is 87.9 Å². The third-order valence-corrected chi connectivity index (χ3v) is 8.09. The van der Waals surface area contributed by atoms with Crippen LogP contribution < -0.4 is 4.74 Å². The van der Waals surface area contributed by atoms with Crippen molar-refractivity contribution < 1.29 is 22.6 Å². The normalized spacial score (nSPS) is 17.0. The van der Waals surface area contributed by atoms with Gasteiger partial charge in [0.05, 0.1) is 19.3 Å². The lowest BCUT2D eigenvalue weighted by Gasteiger charge is -2.29. The van der Waals surface area contributed by atoms with Crippen molar-refractivity contribution in [1.29, 1.82) is 0 Å². The summed E-state index contributed by atoms with van der Waals surface area (Å²) < 4.78 is 56.4. The van der Waals surface area contributed by atoms with Gasteiger partial charge in [0.25, 0.3) is 0 Å². The Hall–Kier alpha value is -3.05. The van der Waals surface area contributed by atoms with Crippen molar-refractivity contribution >= 4 is 0 Å². The zero-order valence-electron chi connectivity index (χ0n) is 24.3. The molecule has 0 N–H and O–H groups in total. The molecule has 5 heteroatoms. The van der Waals surface area contributed by atoms with Crippen LogP contribution in [-0.4, -0.2) is 19.3 Å². The lowest BCUT2D eigenvalue weighted by molar-refractivity contribution is -0.000212. The molecular weight excluding hydrogens is 521 g/mol. The van der Waals surface area contributed by atoms with E-state index in [2.05, 4.69) is 13.5 Å². The van der Waals surface area contributed by atoms with Crippen LogP contribution in [0.15, 0.2) is 67.3 Å². The van der Waals surface area contributed by atoms with Crippen LogP contribution in [0.25, 0.3) is 22.3 Å². The topological polar surface area (TPSA) is 18.5 Å². The fourth-order valence-electron chi connectivity index (χ4n) is 5.56.